The molecule has 5 heteroatoms. The number of anilines is 1. The molecule has 0 radical (unpaired) electrons. The van der Waals surface area contributed by atoms with Crippen LogP contribution >= 0.6 is 15.9 Å². The molecule has 2 aromatic rings. The normalized spacial score (nSPS) is 10.4. The van der Waals surface area contributed by atoms with Crippen LogP contribution < -0.4 is 5.32 Å². The van der Waals surface area contributed by atoms with Gasteiger partial charge in [0.1, 0.15) is 11.6 Å². The van der Waals surface area contributed by atoms with E-state index in [1.807, 2.05) is 25.4 Å². The van der Waals surface area contributed by atoms with Crippen LogP contribution in [0.4, 0.5) is 5.82 Å². The zero-order chi connectivity index (χ0) is 11.4. The first-order chi connectivity index (χ1) is 7.75. The Kier molecular flexibility index (Phi) is 3.56. The van der Waals surface area contributed by atoms with E-state index in [-0.39, 0.29) is 0 Å². The summed E-state index contributed by atoms with van der Waals surface area (Å²) >= 11 is 3.42. The summed E-state index contributed by atoms with van der Waals surface area (Å²) in [4.78, 5) is 11.5. The second-order valence-electron chi connectivity index (χ2n) is 3.53. The van der Waals surface area contributed by atoms with Crippen LogP contribution in [0.3, 0.4) is 0 Å². The number of halogens is 1. The summed E-state index contributed by atoms with van der Waals surface area (Å²) in [5.74, 6) is 1.88. The van der Waals surface area contributed by atoms with Crippen molar-refractivity contribution in [3.8, 4) is 0 Å². The number of hydrogen-bond donors (Lipinski definition) is 2. The molecule has 2 rings (SSSR count). The van der Waals surface area contributed by atoms with Crippen LogP contribution in [-0.2, 0) is 6.42 Å². The quantitative estimate of drug-likeness (QED) is 0.905. The fourth-order valence-corrected chi connectivity index (χ4v) is 1.60. The Morgan fingerprint density at radius 2 is 2.31 bits per heavy atom. The molecule has 0 unspecified atom stereocenters. The van der Waals surface area contributed by atoms with E-state index in [9.17, 15) is 0 Å². The molecule has 0 saturated heterocycles. The van der Waals surface area contributed by atoms with Gasteiger partial charge in [-0.2, -0.15) is 0 Å². The van der Waals surface area contributed by atoms with Crippen LogP contribution in [0.2, 0.25) is 0 Å². The third-order valence-electron chi connectivity index (χ3n) is 2.27. The molecule has 0 amide bonds. The van der Waals surface area contributed by atoms with Gasteiger partial charge in [0.2, 0.25) is 0 Å². The lowest BCUT2D eigenvalue weighted by Crippen LogP contribution is -2.07. The highest BCUT2D eigenvalue weighted by molar-refractivity contribution is 9.10. The van der Waals surface area contributed by atoms with Gasteiger partial charge >= 0.3 is 0 Å². The summed E-state index contributed by atoms with van der Waals surface area (Å²) in [6.45, 7) is 2.87. The number of pyridine rings is 1. The molecule has 0 spiro atoms. The summed E-state index contributed by atoms with van der Waals surface area (Å²) in [6.07, 6.45) is 6.27. The highest BCUT2D eigenvalue weighted by atomic mass is 79.9. The Bertz CT molecular complexity index is 453. The predicted octanol–water partition coefficient (Wildman–Crippen LogP) is 2.53. The number of nitrogens with zero attached hydrogens (tertiary/aromatic N) is 2. The number of nitrogens with one attached hydrogen (secondary N) is 2. The van der Waals surface area contributed by atoms with Crippen molar-refractivity contribution >= 4 is 21.7 Å². The first-order valence-corrected chi connectivity index (χ1v) is 5.89. The molecular formula is C11H13BrN4. The lowest BCUT2D eigenvalue weighted by Gasteiger charge is -2.05. The molecule has 2 N–H and O–H groups in total. The molecule has 0 aromatic carbocycles. The zero-order valence-electron chi connectivity index (χ0n) is 9.00. The van der Waals surface area contributed by atoms with Gasteiger partial charge in [-0.05, 0) is 34.5 Å². The number of H-pyrrole nitrogens is 1. The van der Waals surface area contributed by atoms with Gasteiger partial charge in [-0.3, -0.25) is 0 Å². The van der Waals surface area contributed by atoms with E-state index in [1.54, 1.807) is 6.20 Å². The molecule has 0 bridgehead atoms. The Labute approximate surface area is 103 Å². The molecule has 0 atom stereocenters. The summed E-state index contributed by atoms with van der Waals surface area (Å²) in [6, 6.07) is 2.02. The van der Waals surface area contributed by atoms with Crippen LogP contribution in [0.25, 0.3) is 0 Å². The van der Waals surface area contributed by atoms with Gasteiger partial charge in [0, 0.05) is 36.0 Å². The standard InChI is InChI=1S/C11H13BrN4/c1-8-6-11(16-7-9(8)12)13-3-2-10-14-4-5-15-10/h4-7H,2-3H2,1H3,(H,13,16)(H,14,15). The van der Waals surface area contributed by atoms with Crippen molar-refractivity contribution < 1.29 is 0 Å². The lowest BCUT2D eigenvalue weighted by atomic mass is 10.3. The highest BCUT2D eigenvalue weighted by Gasteiger charge is 1.99. The Balaban J connectivity index is 1.87. The summed E-state index contributed by atoms with van der Waals surface area (Å²) < 4.78 is 1.03. The number of imidazole rings is 1. The largest absolute Gasteiger partial charge is 0.370 e. The topological polar surface area (TPSA) is 53.6 Å². The van der Waals surface area contributed by atoms with Crippen molar-refractivity contribution in [2.45, 2.75) is 13.3 Å². The molecule has 2 aromatic heterocycles. The van der Waals surface area contributed by atoms with E-state index >= 15 is 0 Å². The number of aryl methyl sites for hydroxylation is 1. The highest BCUT2D eigenvalue weighted by Crippen LogP contribution is 2.16. The molecule has 84 valence electrons. The third kappa shape index (κ3) is 2.82. The van der Waals surface area contributed by atoms with Crippen molar-refractivity contribution in [1.29, 1.82) is 0 Å². The van der Waals surface area contributed by atoms with E-state index in [1.165, 1.54) is 5.56 Å². The van der Waals surface area contributed by atoms with Crippen molar-refractivity contribution in [2.24, 2.45) is 0 Å². The maximum Gasteiger partial charge on any atom is 0.126 e. The fraction of sp³-hybridized carbons (Fsp3) is 0.273. The molecule has 0 aliphatic heterocycles. The third-order valence-corrected chi connectivity index (χ3v) is 3.10. The van der Waals surface area contributed by atoms with Crippen molar-refractivity contribution in [3.63, 3.8) is 0 Å². The van der Waals surface area contributed by atoms with Crippen molar-refractivity contribution in [2.75, 3.05) is 11.9 Å². The average molecular weight is 281 g/mol. The zero-order valence-corrected chi connectivity index (χ0v) is 10.6. The van der Waals surface area contributed by atoms with Crippen molar-refractivity contribution in [1.82, 2.24) is 15.0 Å². The molecule has 2 heterocycles. The molecule has 0 aliphatic carbocycles. The average Bonchev–Trinajstić information content (AvgIpc) is 2.76. The number of rotatable bonds is 4. The molecular weight excluding hydrogens is 268 g/mol. The minimum Gasteiger partial charge on any atom is -0.370 e. The van der Waals surface area contributed by atoms with Gasteiger partial charge in [-0.25, -0.2) is 9.97 Å². The number of aromatic amines is 1. The molecule has 16 heavy (non-hydrogen) atoms. The number of hydrogen-bond acceptors (Lipinski definition) is 3. The van der Waals surface area contributed by atoms with Crippen LogP contribution in [0, 0.1) is 6.92 Å². The first-order valence-electron chi connectivity index (χ1n) is 5.10. The van der Waals surface area contributed by atoms with Gasteiger partial charge in [-0.15, -0.1) is 0 Å². The smallest absolute Gasteiger partial charge is 0.126 e. The van der Waals surface area contributed by atoms with Gasteiger partial charge in [0.15, 0.2) is 0 Å². The van der Waals surface area contributed by atoms with Crippen LogP contribution in [-0.4, -0.2) is 21.5 Å². The second kappa shape index (κ2) is 5.12. The van der Waals surface area contributed by atoms with E-state index in [0.29, 0.717) is 0 Å². The maximum atomic E-state index is 4.27. The van der Waals surface area contributed by atoms with Crippen LogP contribution in [0.15, 0.2) is 29.1 Å². The van der Waals surface area contributed by atoms with Gasteiger partial charge < -0.3 is 10.3 Å². The molecule has 0 aliphatic rings. The number of aromatic nitrogens is 3. The lowest BCUT2D eigenvalue weighted by molar-refractivity contribution is 0.921. The van der Waals surface area contributed by atoms with E-state index in [0.717, 1.165) is 29.1 Å². The predicted molar refractivity (Wildman–Crippen MR) is 67.5 cm³/mol. The van der Waals surface area contributed by atoms with Gasteiger partial charge in [0.05, 0.1) is 0 Å². The van der Waals surface area contributed by atoms with E-state index < -0.39 is 0 Å². The minimum atomic E-state index is 0.821. The Morgan fingerprint density at radius 1 is 1.44 bits per heavy atom. The monoisotopic (exact) mass is 280 g/mol. The SMILES string of the molecule is Cc1cc(NCCc2ncc[nH]2)ncc1Br. The second-order valence-corrected chi connectivity index (χ2v) is 4.39. The van der Waals surface area contributed by atoms with Crippen LogP contribution in [0.5, 0.6) is 0 Å². The van der Waals surface area contributed by atoms with Crippen molar-refractivity contribution in [3.05, 3.63) is 40.5 Å². The minimum absolute atomic E-state index is 0.821. The van der Waals surface area contributed by atoms with Crippen LogP contribution in [0.1, 0.15) is 11.4 Å². The summed E-state index contributed by atoms with van der Waals surface area (Å²) in [5.41, 5.74) is 1.18. The Morgan fingerprint density at radius 3 is 3.00 bits per heavy atom. The summed E-state index contributed by atoms with van der Waals surface area (Å²) in [7, 11) is 0. The fourth-order valence-electron chi connectivity index (χ4n) is 1.38. The van der Waals surface area contributed by atoms with E-state index in [4.69, 9.17) is 0 Å². The molecule has 4 nitrogen and oxygen atoms in total. The van der Waals surface area contributed by atoms with E-state index in [2.05, 4.69) is 36.2 Å². The van der Waals surface area contributed by atoms with Gasteiger partial charge in [0.25, 0.3) is 0 Å². The first kappa shape index (κ1) is 11.1. The molecule has 0 fully saturated rings. The Hall–Kier alpha value is -1.36. The molecule has 0 saturated carbocycles. The van der Waals surface area contributed by atoms with Gasteiger partial charge in [-0.1, -0.05) is 0 Å². The maximum absolute atomic E-state index is 4.27. The summed E-state index contributed by atoms with van der Waals surface area (Å²) in [5, 5.41) is 3.26.